The van der Waals surface area contributed by atoms with Crippen LogP contribution in [0, 0.1) is 20.8 Å². The number of furan rings is 1. The van der Waals surface area contributed by atoms with E-state index >= 15 is 0 Å². The first kappa shape index (κ1) is 18.4. The van der Waals surface area contributed by atoms with Crippen molar-refractivity contribution in [3.05, 3.63) is 65.1 Å². The number of nitrogens with zero attached hydrogens (tertiary/aromatic N) is 1. The van der Waals surface area contributed by atoms with Crippen molar-refractivity contribution in [3.63, 3.8) is 0 Å². The number of nitrogens with one attached hydrogen (secondary N) is 2. The van der Waals surface area contributed by atoms with Gasteiger partial charge >= 0.3 is 0 Å². The van der Waals surface area contributed by atoms with E-state index in [4.69, 9.17) is 8.83 Å². The van der Waals surface area contributed by atoms with Crippen molar-refractivity contribution in [3.8, 4) is 11.3 Å². The molecular weight excluding hydrogens is 346 g/mol. The molecule has 0 radical (unpaired) electrons. The third kappa shape index (κ3) is 4.63. The zero-order valence-corrected chi connectivity index (χ0v) is 15.5. The Bertz CT molecular complexity index is 954. The second-order valence-corrected chi connectivity index (χ2v) is 6.31. The van der Waals surface area contributed by atoms with Gasteiger partial charge in [-0.1, -0.05) is 29.8 Å². The predicted octanol–water partition coefficient (Wildman–Crippen LogP) is 3.25. The summed E-state index contributed by atoms with van der Waals surface area (Å²) in [6.45, 7) is 5.46. The van der Waals surface area contributed by atoms with E-state index in [1.165, 1.54) is 0 Å². The van der Waals surface area contributed by atoms with Gasteiger partial charge in [-0.2, -0.15) is 0 Å². The van der Waals surface area contributed by atoms with Crippen LogP contribution in [0.4, 0.5) is 0 Å². The summed E-state index contributed by atoms with van der Waals surface area (Å²) < 4.78 is 11.0. The second kappa shape index (κ2) is 7.90. The lowest BCUT2D eigenvalue weighted by Crippen LogP contribution is -2.41. The number of hydrazine groups is 1. The number of oxazole rings is 1. The Morgan fingerprint density at radius 3 is 2.44 bits per heavy atom. The molecule has 0 fully saturated rings. The van der Waals surface area contributed by atoms with Crippen LogP contribution < -0.4 is 10.9 Å². The molecule has 0 unspecified atom stereocenters. The fourth-order valence-corrected chi connectivity index (χ4v) is 2.61. The molecule has 140 valence electrons. The Balaban J connectivity index is 1.49. The molecular formula is C20H21N3O4. The fourth-order valence-electron chi connectivity index (χ4n) is 2.61. The van der Waals surface area contributed by atoms with Gasteiger partial charge in [-0.3, -0.25) is 20.4 Å². The summed E-state index contributed by atoms with van der Waals surface area (Å²) >= 11 is 0. The van der Waals surface area contributed by atoms with Crippen LogP contribution >= 0.6 is 0 Å². The lowest BCUT2D eigenvalue weighted by molar-refractivity contribution is -0.121. The van der Waals surface area contributed by atoms with E-state index in [1.807, 2.05) is 31.2 Å². The number of hydrogen-bond acceptors (Lipinski definition) is 5. The van der Waals surface area contributed by atoms with Gasteiger partial charge in [0.1, 0.15) is 11.5 Å². The third-order valence-corrected chi connectivity index (χ3v) is 4.06. The Morgan fingerprint density at radius 2 is 1.78 bits per heavy atom. The zero-order chi connectivity index (χ0) is 19.4. The molecule has 0 aliphatic rings. The summed E-state index contributed by atoms with van der Waals surface area (Å²) in [4.78, 5) is 28.2. The lowest BCUT2D eigenvalue weighted by atomic mass is 10.1. The van der Waals surface area contributed by atoms with Gasteiger partial charge in [0, 0.05) is 18.4 Å². The fraction of sp³-hybridized carbons (Fsp3) is 0.250. The van der Waals surface area contributed by atoms with E-state index in [1.54, 1.807) is 26.1 Å². The van der Waals surface area contributed by atoms with E-state index in [2.05, 4.69) is 15.8 Å². The Labute approximate surface area is 156 Å². The van der Waals surface area contributed by atoms with Gasteiger partial charge in [-0.05, 0) is 26.8 Å². The number of amides is 2. The van der Waals surface area contributed by atoms with Crippen molar-refractivity contribution in [2.45, 2.75) is 33.6 Å². The van der Waals surface area contributed by atoms with Crippen molar-refractivity contribution in [1.29, 1.82) is 0 Å². The van der Waals surface area contributed by atoms with E-state index in [0.717, 1.165) is 11.1 Å². The Kier molecular flexibility index (Phi) is 5.40. The van der Waals surface area contributed by atoms with Gasteiger partial charge < -0.3 is 8.83 Å². The summed E-state index contributed by atoms with van der Waals surface area (Å²) in [5.41, 5.74) is 7.25. The highest BCUT2D eigenvalue weighted by Gasteiger charge is 2.14. The highest BCUT2D eigenvalue weighted by Crippen LogP contribution is 2.21. The van der Waals surface area contributed by atoms with Crippen LogP contribution in [-0.2, 0) is 11.2 Å². The molecule has 2 aromatic heterocycles. The lowest BCUT2D eigenvalue weighted by Gasteiger charge is -2.05. The molecule has 27 heavy (non-hydrogen) atoms. The quantitative estimate of drug-likeness (QED) is 0.675. The summed E-state index contributed by atoms with van der Waals surface area (Å²) in [7, 11) is 0. The number of carbonyl (C=O) groups is 2. The molecule has 0 aliphatic carbocycles. The van der Waals surface area contributed by atoms with E-state index < -0.39 is 5.91 Å². The molecule has 0 atom stereocenters. The molecule has 2 heterocycles. The Morgan fingerprint density at radius 1 is 1.04 bits per heavy atom. The van der Waals surface area contributed by atoms with Gasteiger partial charge in [-0.15, -0.1) is 0 Å². The molecule has 0 spiro atoms. The van der Waals surface area contributed by atoms with Gasteiger partial charge in [0.2, 0.25) is 5.91 Å². The highest BCUT2D eigenvalue weighted by molar-refractivity contribution is 5.96. The van der Waals surface area contributed by atoms with E-state index in [-0.39, 0.29) is 12.3 Å². The molecule has 2 amide bonds. The molecule has 0 saturated heterocycles. The second-order valence-electron chi connectivity index (χ2n) is 6.31. The summed E-state index contributed by atoms with van der Waals surface area (Å²) in [5.74, 6) is 1.50. The molecule has 0 bridgehead atoms. The maximum Gasteiger partial charge on any atom is 0.273 e. The minimum absolute atomic E-state index is 0.136. The summed E-state index contributed by atoms with van der Waals surface area (Å²) in [5, 5.41) is 0. The van der Waals surface area contributed by atoms with Crippen LogP contribution in [-0.4, -0.2) is 16.8 Å². The maximum absolute atomic E-state index is 12.0. The first-order valence-corrected chi connectivity index (χ1v) is 8.60. The number of rotatable bonds is 5. The molecule has 0 aliphatic heterocycles. The van der Waals surface area contributed by atoms with E-state index in [0.29, 0.717) is 35.2 Å². The zero-order valence-electron chi connectivity index (χ0n) is 15.5. The van der Waals surface area contributed by atoms with Crippen LogP contribution in [0.15, 0.2) is 45.4 Å². The van der Waals surface area contributed by atoms with E-state index in [9.17, 15) is 9.59 Å². The summed E-state index contributed by atoms with van der Waals surface area (Å²) in [6.07, 6.45) is 2.11. The first-order valence-electron chi connectivity index (χ1n) is 8.60. The minimum Gasteiger partial charge on any atom is -0.466 e. The molecule has 0 saturated carbocycles. The van der Waals surface area contributed by atoms with Gasteiger partial charge in [0.25, 0.3) is 5.91 Å². The largest absolute Gasteiger partial charge is 0.466 e. The smallest absolute Gasteiger partial charge is 0.273 e. The number of benzene rings is 1. The van der Waals surface area contributed by atoms with Gasteiger partial charge in [-0.25, -0.2) is 4.98 Å². The number of carbonyl (C=O) groups excluding carboxylic acids is 2. The van der Waals surface area contributed by atoms with Gasteiger partial charge in [0.15, 0.2) is 11.7 Å². The van der Waals surface area contributed by atoms with Crippen LogP contribution in [0.3, 0.4) is 0 Å². The van der Waals surface area contributed by atoms with Crippen molar-refractivity contribution in [1.82, 2.24) is 15.8 Å². The molecule has 1 aromatic carbocycles. The standard InChI is InChI=1S/C20H21N3O4/c1-12-4-6-15(7-5-12)17-11-21-19(27-17)9-8-18(24)22-23-20(25)16-10-13(2)26-14(16)3/h4-7,10-11H,8-9H2,1-3H3,(H,22,24)(H,23,25). The van der Waals surface area contributed by atoms with Crippen molar-refractivity contribution >= 4 is 11.8 Å². The topological polar surface area (TPSA) is 97.4 Å². The van der Waals surface area contributed by atoms with Crippen LogP contribution in [0.25, 0.3) is 11.3 Å². The molecule has 2 N–H and O–H groups in total. The Hall–Kier alpha value is -3.35. The minimum atomic E-state index is -0.421. The van der Waals surface area contributed by atoms with Crippen molar-refractivity contribution in [2.75, 3.05) is 0 Å². The predicted molar refractivity (Wildman–Crippen MR) is 98.8 cm³/mol. The highest BCUT2D eigenvalue weighted by atomic mass is 16.4. The number of hydrogen-bond donors (Lipinski definition) is 2. The monoisotopic (exact) mass is 367 g/mol. The molecule has 7 heteroatoms. The number of aromatic nitrogens is 1. The van der Waals surface area contributed by atoms with Crippen LogP contribution in [0.5, 0.6) is 0 Å². The summed E-state index contributed by atoms with van der Waals surface area (Å²) in [6, 6.07) is 9.53. The van der Waals surface area contributed by atoms with Crippen molar-refractivity contribution in [2.24, 2.45) is 0 Å². The average molecular weight is 367 g/mol. The van der Waals surface area contributed by atoms with Gasteiger partial charge in [0.05, 0.1) is 11.8 Å². The molecule has 3 rings (SSSR count). The third-order valence-electron chi connectivity index (χ3n) is 4.06. The average Bonchev–Trinajstić information content (AvgIpc) is 3.24. The first-order chi connectivity index (χ1) is 12.9. The van der Waals surface area contributed by atoms with Crippen LogP contribution in [0.2, 0.25) is 0 Å². The van der Waals surface area contributed by atoms with Crippen molar-refractivity contribution < 1.29 is 18.4 Å². The molecule has 3 aromatic rings. The number of aryl methyl sites for hydroxylation is 4. The normalized spacial score (nSPS) is 10.6. The SMILES string of the molecule is Cc1ccc(-c2cnc(CCC(=O)NNC(=O)c3cc(C)oc3C)o2)cc1. The maximum atomic E-state index is 12.0. The van der Waals surface area contributed by atoms with Crippen LogP contribution in [0.1, 0.15) is 39.8 Å². The molecule has 7 nitrogen and oxygen atoms in total.